The number of para-hydroxylation sites is 1. The maximum atomic E-state index is 2.52. The summed E-state index contributed by atoms with van der Waals surface area (Å²) in [5.74, 6) is 0. The molecule has 2 aromatic rings. The quantitative estimate of drug-likeness (QED) is 0.759. The average Bonchev–Trinajstić information content (AvgIpc) is 2.47. The van der Waals surface area contributed by atoms with Gasteiger partial charge in [-0.25, -0.2) is 0 Å². The van der Waals surface area contributed by atoms with Crippen molar-refractivity contribution in [2.45, 2.75) is 19.8 Å². The fourth-order valence-corrected chi connectivity index (χ4v) is 2.91. The van der Waals surface area contributed by atoms with E-state index in [1.54, 1.807) is 0 Å². The molecule has 0 aliphatic carbocycles. The largest absolute Gasteiger partial charge is 0.371 e. The summed E-state index contributed by atoms with van der Waals surface area (Å²) in [6, 6.07) is 17.5. The molecule has 0 saturated carbocycles. The Balaban J connectivity index is 2.16. The Morgan fingerprint density at radius 1 is 1.00 bits per heavy atom. The van der Waals surface area contributed by atoms with Crippen molar-refractivity contribution < 1.29 is 0 Å². The minimum absolute atomic E-state index is 1.09. The lowest BCUT2D eigenvalue weighted by Gasteiger charge is -2.32. The van der Waals surface area contributed by atoms with Gasteiger partial charge in [0.2, 0.25) is 0 Å². The van der Waals surface area contributed by atoms with Crippen LogP contribution in [0.4, 0.5) is 5.69 Å². The molecular weight excluding hydrogens is 218 g/mol. The highest BCUT2D eigenvalue weighted by molar-refractivity contribution is 5.81. The van der Waals surface area contributed by atoms with E-state index in [1.807, 2.05) is 0 Å². The number of anilines is 1. The van der Waals surface area contributed by atoms with Crippen LogP contribution in [-0.2, 0) is 6.42 Å². The van der Waals surface area contributed by atoms with Gasteiger partial charge in [0.05, 0.1) is 0 Å². The van der Waals surface area contributed by atoms with Gasteiger partial charge in [0.25, 0.3) is 0 Å². The van der Waals surface area contributed by atoms with Crippen LogP contribution in [0.5, 0.6) is 0 Å². The molecule has 2 aromatic carbocycles. The number of aryl methyl sites for hydroxylation is 1. The van der Waals surface area contributed by atoms with Crippen LogP contribution in [0.2, 0.25) is 0 Å². The van der Waals surface area contributed by atoms with Gasteiger partial charge in [0.15, 0.2) is 0 Å². The molecule has 3 rings (SSSR count). The predicted octanol–water partition coefficient (Wildman–Crippen LogP) is 4.13. The van der Waals surface area contributed by atoms with Gasteiger partial charge in [0, 0.05) is 24.3 Å². The summed E-state index contributed by atoms with van der Waals surface area (Å²) < 4.78 is 0. The van der Waals surface area contributed by atoms with Crippen LogP contribution in [0.25, 0.3) is 11.1 Å². The zero-order chi connectivity index (χ0) is 12.4. The van der Waals surface area contributed by atoms with Crippen molar-refractivity contribution in [1.82, 2.24) is 0 Å². The zero-order valence-electron chi connectivity index (χ0n) is 10.9. The fourth-order valence-electron chi connectivity index (χ4n) is 2.91. The summed E-state index contributed by atoms with van der Waals surface area (Å²) in [5.41, 5.74) is 5.67. The Morgan fingerprint density at radius 2 is 1.83 bits per heavy atom. The topological polar surface area (TPSA) is 3.24 Å². The van der Waals surface area contributed by atoms with Crippen LogP contribution in [0.1, 0.15) is 18.9 Å². The molecule has 1 heterocycles. The molecule has 0 unspecified atom stereocenters. The van der Waals surface area contributed by atoms with Crippen molar-refractivity contribution in [3.63, 3.8) is 0 Å². The van der Waals surface area contributed by atoms with Crippen molar-refractivity contribution >= 4 is 5.69 Å². The molecule has 18 heavy (non-hydrogen) atoms. The first-order valence-corrected chi connectivity index (χ1v) is 6.82. The molecule has 0 aromatic heterocycles. The van der Waals surface area contributed by atoms with E-state index < -0.39 is 0 Å². The second-order valence-electron chi connectivity index (χ2n) is 4.86. The normalized spacial score (nSPS) is 14.4. The summed E-state index contributed by atoms with van der Waals surface area (Å²) >= 11 is 0. The van der Waals surface area contributed by atoms with Gasteiger partial charge in [-0.15, -0.1) is 0 Å². The lowest BCUT2D eigenvalue weighted by atomic mass is 9.94. The van der Waals surface area contributed by atoms with Gasteiger partial charge in [-0.3, -0.25) is 0 Å². The van der Waals surface area contributed by atoms with Crippen LogP contribution in [0.3, 0.4) is 0 Å². The summed E-state index contributed by atoms with van der Waals surface area (Å²) in [5, 5.41) is 0. The Bertz CT molecular complexity index is 531. The monoisotopic (exact) mass is 237 g/mol. The smallest absolute Gasteiger partial charge is 0.0478 e. The van der Waals surface area contributed by atoms with Gasteiger partial charge >= 0.3 is 0 Å². The van der Waals surface area contributed by atoms with Gasteiger partial charge in [-0.1, -0.05) is 48.5 Å². The van der Waals surface area contributed by atoms with Crippen molar-refractivity contribution in [2.24, 2.45) is 0 Å². The van der Waals surface area contributed by atoms with E-state index in [4.69, 9.17) is 0 Å². The minimum atomic E-state index is 1.09. The Kier molecular flexibility index (Phi) is 3.06. The van der Waals surface area contributed by atoms with Gasteiger partial charge in [-0.2, -0.15) is 0 Å². The van der Waals surface area contributed by atoms with Crippen molar-refractivity contribution in [3.05, 3.63) is 54.1 Å². The number of hydrogen-bond acceptors (Lipinski definition) is 1. The second-order valence-corrected chi connectivity index (χ2v) is 4.86. The van der Waals surface area contributed by atoms with Crippen molar-refractivity contribution in [3.8, 4) is 11.1 Å². The van der Waals surface area contributed by atoms with E-state index in [0.717, 1.165) is 6.54 Å². The van der Waals surface area contributed by atoms with Crippen molar-refractivity contribution in [1.29, 1.82) is 0 Å². The van der Waals surface area contributed by atoms with E-state index in [1.165, 1.54) is 41.8 Å². The number of nitrogens with zero attached hydrogens (tertiary/aromatic N) is 1. The molecule has 0 amide bonds. The molecule has 1 heteroatoms. The molecule has 1 nitrogen and oxygen atoms in total. The summed E-state index contributed by atoms with van der Waals surface area (Å²) in [7, 11) is 0. The predicted molar refractivity (Wildman–Crippen MR) is 78.1 cm³/mol. The highest BCUT2D eigenvalue weighted by atomic mass is 15.1. The minimum Gasteiger partial charge on any atom is -0.371 e. The van der Waals surface area contributed by atoms with E-state index in [9.17, 15) is 0 Å². The molecule has 0 saturated heterocycles. The molecule has 0 radical (unpaired) electrons. The summed E-state index contributed by atoms with van der Waals surface area (Å²) in [6.07, 6.45) is 2.49. The molecule has 0 atom stereocenters. The molecule has 1 aliphatic rings. The second kappa shape index (κ2) is 4.85. The van der Waals surface area contributed by atoms with Crippen LogP contribution < -0.4 is 4.90 Å². The molecule has 0 N–H and O–H groups in total. The zero-order valence-corrected chi connectivity index (χ0v) is 10.9. The molecule has 1 aliphatic heterocycles. The fraction of sp³-hybridized carbons (Fsp3) is 0.294. The third kappa shape index (κ3) is 1.90. The molecule has 0 fully saturated rings. The first kappa shape index (κ1) is 11.3. The highest BCUT2D eigenvalue weighted by Gasteiger charge is 2.19. The number of benzene rings is 2. The maximum Gasteiger partial charge on any atom is 0.0478 e. The number of hydrogen-bond donors (Lipinski definition) is 0. The van der Waals surface area contributed by atoms with E-state index >= 15 is 0 Å². The van der Waals surface area contributed by atoms with Crippen LogP contribution in [0.15, 0.2) is 48.5 Å². The standard InChI is InChI=1S/C17H19N/c1-2-18-13-7-11-15-10-6-12-16(17(15)18)14-8-4-3-5-9-14/h3-6,8-10,12H,2,7,11,13H2,1H3. The van der Waals surface area contributed by atoms with Crippen LogP contribution in [-0.4, -0.2) is 13.1 Å². The first-order chi connectivity index (χ1) is 8.90. The first-order valence-electron chi connectivity index (χ1n) is 6.82. The molecular formula is C17H19N. The maximum absolute atomic E-state index is 2.52. The van der Waals surface area contributed by atoms with Crippen LogP contribution >= 0.6 is 0 Å². The van der Waals surface area contributed by atoms with Gasteiger partial charge in [0.1, 0.15) is 0 Å². The Hall–Kier alpha value is -1.76. The van der Waals surface area contributed by atoms with E-state index in [0.29, 0.717) is 0 Å². The molecule has 0 spiro atoms. The van der Waals surface area contributed by atoms with Gasteiger partial charge in [-0.05, 0) is 30.9 Å². The van der Waals surface area contributed by atoms with Crippen molar-refractivity contribution in [2.75, 3.05) is 18.0 Å². The average molecular weight is 237 g/mol. The highest BCUT2D eigenvalue weighted by Crippen LogP contribution is 2.36. The van der Waals surface area contributed by atoms with Crippen LogP contribution in [0, 0.1) is 0 Å². The molecule has 0 bridgehead atoms. The lowest BCUT2D eigenvalue weighted by molar-refractivity contribution is 0.709. The summed E-state index contributed by atoms with van der Waals surface area (Å²) in [6.45, 7) is 4.53. The van der Waals surface area contributed by atoms with Gasteiger partial charge < -0.3 is 4.90 Å². The third-order valence-electron chi connectivity index (χ3n) is 3.78. The summed E-state index contributed by atoms with van der Waals surface area (Å²) in [4.78, 5) is 2.52. The number of rotatable bonds is 2. The van der Waals surface area contributed by atoms with E-state index in [2.05, 4.69) is 60.4 Å². The SMILES string of the molecule is CCN1CCCc2cccc(-c3ccccc3)c21. The lowest BCUT2D eigenvalue weighted by Crippen LogP contribution is -2.29. The Labute approximate surface area is 109 Å². The molecule has 92 valence electrons. The third-order valence-corrected chi connectivity index (χ3v) is 3.78. The number of fused-ring (bicyclic) bond motifs is 1. The van der Waals surface area contributed by atoms with E-state index in [-0.39, 0.29) is 0 Å². The Morgan fingerprint density at radius 3 is 2.61 bits per heavy atom.